The van der Waals surface area contributed by atoms with Gasteiger partial charge in [0, 0.05) is 16.7 Å². The van der Waals surface area contributed by atoms with Crippen molar-refractivity contribution in [3.63, 3.8) is 0 Å². The highest BCUT2D eigenvalue weighted by Gasteiger charge is 2.76. The van der Waals surface area contributed by atoms with Gasteiger partial charge in [0.25, 0.3) is 0 Å². The van der Waals surface area contributed by atoms with Crippen LogP contribution in [0.25, 0.3) is 0 Å². The van der Waals surface area contributed by atoms with Crippen molar-refractivity contribution in [3.8, 4) is 0 Å². The van der Waals surface area contributed by atoms with Crippen molar-refractivity contribution >= 4 is 0 Å². The topological polar surface area (TPSA) is 9.23 Å². The zero-order valence-electron chi connectivity index (χ0n) is 10.3. The Balaban J connectivity index is 1.80. The van der Waals surface area contributed by atoms with E-state index in [4.69, 9.17) is 4.74 Å². The Morgan fingerprint density at radius 3 is 2.81 bits per heavy atom. The van der Waals surface area contributed by atoms with Crippen molar-refractivity contribution in [2.75, 3.05) is 13.2 Å². The fourth-order valence-electron chi connectivity index (χ4n) is 5.34. The molecule has 1 aliphatic heterocycles. The molecule has 1 nitrogen and oxygen atoms in total. The number of fused-ring (bicyclic) bond motifs is 2. The maximum Gasteiger partial charge on any atom is 0.0567 e. The van der Waals surface area contributed by atoms with Gasteiger partial charge in [-0.1, -0.05) is 38.2 Å². The first-order chi connectivity index (χ1) is 7.51. The van der Waals surface area contributed by atoms with Gasteiger partial charge in [0.15, 0.2) is 0 Å². The molecule has 1 unspecified atom stereocenters. The highest BCUT2D eigenvalue weighted by atomic mass is 16.5. The zero-order valence-corrected chi connectivity index (χ0v) is 10.3. The van der Waals surface area contributed by atoms with Gasteiger partial charge in [-0.2, -0.15) is 0 Å². The molecule has 1 saturated heterocycles. The second-order valence-electron chi connectivity index (χ2n) is 7.18. The summed E-state index contributed by atoms with van der Waals surface area (Å²) in [4.78, 5) is 0. The number of ether oxygens (including phenoxy) is 1. The van der Waals surface area contributed by atoms with E-state index >= 15 is 0 Å². The van der Waals surface area contributed by atoms with E-state index in [0.29, 0.717) is 16.2 Å². The van der Waals surface area contributed by atoms with Gasteiger partial charge in [0.05, 0.1) is 13.2 Å². The van der Waals surface area contributed by atoms with Gasteiger partial charge < -0.3 is 4.74 Å². The quantitative estimate of drug-likeness (QED) is 0.565. The molecule has 0 aromatic carbocycles. The van der Waals surface area contributed by atoms with Gasteiger partial charge in [0.1, 0.15) is 0 Å². The third-order valence-electron chi connectivity index (χ3n) is 5.76. The van der Waals surface area contributed by atoms with E-state index in [1.165, 1.54) is 18.4 Å². The zero-order chi connectivity index (χ0) is 11.2. The van der Waals surface area contributed by atoms with Crippen LogP contribution in [0.4, 0.5) is 0 Å². The predicted molar refractivity (Wildman–Crippen MR) is 64.0 cm³/mol. The molecule has 4 atom stereocenters. The third kappa shape index (κ3) is 0.728. The number of hydrogen-bond acceptors (Lipinski definition) is 1. The van der Waals surface area contributed by atoms with E-state index < -0.39 is 0 Å². The molecule has 4 rings (SSSR count). The SMILES string of the molecule is C=C1CC(C)(C)C[C@]12[C@@H]1C=CC13COC[C@H]32. The van der Waals surface area contributed by atoms with Crippen LogP contribution in [0.5, 0.6) is 0 Å². The Morgan fingerprint density at radius 1 is 1.44 bits per heavy atom. The molecule has 2 saturated carbocycles. The molecule has 1 heteroatoms. The number of hydrogen-bond donors (Lipinski definition) is 0. The Hall–Kier alpha value is -0.560. The smallest absolute Gasteiger partial charge is 0.0567 e. The molecule has 3 aliphatic carbocycles. The number of allylic oxidation sites excluding steroid dienone is 2. The molecule has 0 aromatic heterocycles. The largest absolute Gasteiger partial charge is 0.380 e. The maximum absolute atomic E-state index is 5.77. The van der Waals surface area contributed by atoms with E-state index in [-0.39, 0.29) is 0 Å². The summed E-state index contributed by atoms with van der Waals surface area (Å²) >= 11 is 0. The molecule has 86 valence electrons. The second-order valence-corrected chi connectivity index (χ2v) is 7.18. The second kappa shape index (κ2) is 2.33. The van der Waals surface area contributed by atoms with Crippen LogP contribution < -0.4 is 0 Å². The average molecular weight is 216 g/mol. The van der Waals surface area contributed by atoms with Crippen LogP contribution in [-0.2, 0) is 4.74 Å². The fourth-order valence-corrected chi connectivity index (χ4v) is 5.34. The molecule has 0 bridgehead atoms. The first kappa shape index (κ1) is 9.47. The first-order valence-electron chi connectivity index (χ1n) is 6.47. The summed E-state index contributed by atoms with van der Waals surface area (Å²) < 4.78 is 5.77. The summed E-state index contributed by atoms with van der Waals surface area (Å²) in [5.41, 5.74) is 2.81. The van der Waals surface area contributed by atoms with Crippen molar-refractivity contribution in [2.45, 2.75) is 26.7 Å². The lowest BCUT2D eigenvalue weighted by Crippen LogP contribution is -2.66. The third-order valence-corrected chi connectivity index (χ3v) is 5.76. The van der Waals surface area contributed by atoms with Gasteiger partial charge in [-0.15, -0.1) is 0 Å². The van der Waals surface area contributed by atoms with Gasteiger partial charge >= 0.3 is 0 Å². The van der Waals surface area contributed by atoms with Gasteiger partial charge in [0.2, 0.25) is 0 Å². The van der Waals surface area contributed by atoms with Crippen molar-refractivity contribution in [3.05, 3.63) is 24.3 Å². The lowest BCUT2D eigenvalue weighted by atomic mass is 9.34. The molecule has 0 amide bonds. The van der Waals surface area contributed by atoms with Crippen LogP contribution >= 0.6 is 0 Å². The van der Waals surface area contributed by atoms with Crippen LogP contribution in [0.15, 0.2) is 24.3 Å². The van der Waals surface area contributed by atoms with Crippen LogP contribution in [0.2, 0.25) is 0 Å². The van der Waals surface area contributed by atoms with E-state index in [2.05, 4.69) is 32.6 Å². The molecule has 16 heavy (non-hydrogen) atoms. The molecule has 0 N–H and O–H groups in total. The Kier molecular flexibility index (Phi) is 1.38. The predicted octanol–water partition coefficient (Wildman–Crippen LogP) is 3.18. The lowest BCUT2D eigenvalue weighted by molar-refractivity contribution is -0.114. The van der Waals surface area contributed by atoms with E-state index in [9.17, 15) is 0 Å². The summed E-state index contributed by atoms with van der Waals surface area (Å²) in [5.74, 6) is 1.49. The summed E-state index contributed by atoms with van der Waals surface area (Å²) in [6.07, 6.45) is 7.38. The average Bonchev–Trinajstić information content (AvgIpc) is 2.65. The standard InChI is InChI=1S/C15H20O/c1-10-6-13(2,3)8-15(10)11-4-5-14(11)9-16-7-12(14)15/h4-5,11-12H,1,6-9H2,2-3H3/t11-,12-,14?,15-/m1/s1. The maximum atomic E-state index is 5.77. The monoisotopic (exact) mass is 216 g/mol. The van der Waals surface area contributed by atoms with E-state index in [0.717, 1.165) is 25.0 Å². The van der Waals surface area contributed by atoms with Gasteiger partial charge in [-0.05, 0) is 24.2 Å². The summed E-state index contributed by atoms with van der Waals surface area (Å²) in [7, 11) is 0. The summed E-state index contributed by atoms with van der Waals surface area (Å²) in [5, 5.41) is 0. The molecular formula is C15H20O. The Morgan fingerprint density at radius 2 is 2.25 bits per heavy atom. The van der Waals surface area contributed by atoms with Crippen molar-refractivity contribution < 1.29 is 4.74 Å². The van der Waals surface area contributed by atoms with Crippen LogP contribution in [0.1, 0.15) is 26.7 Å². The Bertz CT molecular complexity index is 419. The minimum absolute atomic E-state index is 0.411. The van der Waals surface area contributed by atoms with Crippen LogP contribution in [0, 0.1) is 28.1 Å². The minimum Gasteiger partial charge on any atom is -0.380 e. The van der Waals surface area contributed by atoms with Crippen molar-refractivity contribution in [1.29, 1.82) is 0 Å². The molecule has 3 fully saturated rings. The molecule has 2 spiro atoms. The van der Waals surface area contributed by atoms with Gasteiger partial charge in [-0.3, -0.25) is 0 Å². The summed E-state index contributed by atoms with van der Waals surface area (Å²) in [6, 6.07) is 0. The van der Waals surface area contributed by atoms with Crippen LogP contribution in [0.3, 0.4) is 0 Å². The van der Waals surface area contributed by atoms with E-state index in [1.54, 1.807) is 0 Å². The highest BCUT2D eigenvalue weighted by molar-refractivity contribution is 5.44. The van der Waals surface area contributed by atoms with Crippen molar-refractivity contribution in [1.82, 2.24) is 0 Å². The molecule has 0 aromatic rings. The molecule has 0 radical (unpaired) electrons. The number of rotatable bonds is 0. The fraction of sp³-hybridized carbons (Fsp3) is 0.733. The first-order valence-corrected chi connectivity index (χ1v) is 6.47. The Labute approximate surface area is 97.6 Å². The highest BCUT2D eigenvalue weighted by Crippen LogP contribution is 2.79. The van der Waals surface area contributed by atoms with E-state index in [1.807, 2.05) is 0 Å². The minimum atomic E-state index is 0.411. The molecule has 1 heterocycles. The van der Waals surface area contributed by atoms with Crippen LogP contribution in [-0.4, -0.2) is 13.2 Å². The summed E-state index contributed by atoms with van der Waals surface area (Å²) in [6.45, 7) is 11.1. The lowest BCUT2D eigenvalue weighted by Gasteiger charge is -2.68. The normalized spacial score (nSPS) is 55.8. The van der Waals surface area contributed by atoms with Crippen molar-refractivity contribution in [2.24, 2.45) is 28.1 Å². The molecule has 4 aliphatic rings. The molecular weight excluding hydrogens is 196 g/mol. The van der Waals surface area contributed by atoms with Gasteiger partial charge in [-0.25, -0.2) is 0 Å².